The van der Waals surface area contributed by atoms with Gasteiger partial charge in [0.15, 0.2) is 0 Å². The van der Waals surface area contributed by atoms with Gasteiger partial charge in [0, 0.05) is 6.61 Å². The van der Waals surface area contributed by atoms with E-state index in [4.69, 9.17) is 4.74 Å². The Balaban J connectivity index is 3.08. The maximum Gasteiger partial charge on any atom is 0.0547 e. The Bertz CT molecular complexity index is 117. The fraction of sp³-hybridized carbons (Fsp3) is 1.00. The van der Waals surface area contributed by atoms with Gasteiger partial charge in [0.05, 0.1) is 6.10 Å². The van der Waals surface area contributed by atoms with Gasteiger partial charge in [-0.25, -0.2) is 0 Å². The van der Waals surface area contributed by atoms with E-state index in [0.29, 0.717) is 6.10 Å². The first kappa shape index (κ1) is 14.9. The lowest BCUT2D eigenvalue weighted by molar-refractivity contribution is 0.0564. The van der Waals surface area contributed by atoms with E-state index in [0.717, 1.165) is 19.7 Å². The van der Waals surface area contributed by atoms with E-state index in [1.54, 1.807) is 0 Å². The molecule has 0 aromatic heterocycles. The molecule has 2 heteroatoms. The first-order valence-electron chi connectivity index (χ1n) is 6.63. The molecule has 0 fully saturated rings. The fourth-order valence-corrected chi connectivity index (χ4v) is 1.54. The lowest BCUT2D eigenvalue weighted by Gasteiger charge is -2.12. The first-order chi connectivity index (χ1) is 7.31. The summed E-state index contributed by atoms with van der Waals surface area (Å²) in [7, 11) is 0. The Morgan fingerprint density at radius 2 is 1.80 bits per heavy atom. The lowest BCUT2D eigenvalue weighted by atomic mass is 10.2. The Morgan fingerprint density at radius 1 is 1.00 bits per heavy atom. The summed E-state index contributed by atoms with van der Waals surface area (Å²) in [6, 6.07) is 0. The zero-order chi connectivity index (χ0) is 11.4. The maximum absolute atomic E-state index is 5.72. The molecule has 0 aromatic carbocycles. The predicted octanol–water partition coefficient (Wildman–Crippen LogP) is 3.36. The van der Waals surface area contributed by atoms with E-state index >= 15 is 0 Å². The summed E-state index contributed by atoms with van der Waals surface area (Å²) in [5.41, 5.74) is 0. The van der Waals surface area contributed by atoms with Crippen molar-refractivity contribution in [2.45, 2.75) is 65.4 Å². The molecule has 0 aromatic rings. The van der Waals surface area contributed by atoms with Gasteiger partial charge in [-0.1, -0.05) is 26.7 Å². The van der Waals surface area contributed by atoms with Crippen LogP contribution in [-0.4, -0.2) is 25.8 Å². The van der Waals surface area contributed by atoms with Crippen LogP contribution in [0.3, 0.4) is 0 Å². The second kappa shape index (κ2) is 12.0. The largest absolute Gasteiger partial charge is 0.379 e. The van der Waals surface area contributed by atoms with Gasteiger partial charge in [0.25, 0.3) is 0 Å². The highest BCUT2D eigenvalue weighted by Gasteiger charge is 2.00. The number of nitrogens with one attached hydrogen (secondary N) is 1. The van der Waals surface area contributed by atoms with Crippen molar-refractivity contribution in [3.63, 3.8) is 0 Å². The lowest BCUT2D eigenvalue weighted by Crippen LogP contribution is -2.18. The number of rotatable bonds is 11. The Hall–Kier alpha value is -0.0800. The molecule has 1 N–H and O–H groups in total. The third-order valence-corrected chi connectivity index (χ3v) is 2.54. The van der Waals surface area contributed by atoms with Crippen molar-refractivity contribution in [1.82, 2.24) is 5.32 Å². The van der Waals surface area contributed by atoms with Crippen LogP contribution in [0, 0.1) is 0 Å². The molecule has 1 unspecified atom stereocenters. The summed E-state index contributed by atoms with van der Waals surface area (Å²) < 4.78 is 5.72. The molecule has 0 aliphatic rings. The molecule has 0 saturated carbocycles. The zero-order valence-corrected chi connectivity index (χ0v) is 10.8. The monoisotopic (exact) mass is 215 g/mol. The molecule has 0 amide bonds. The highest BCUT2D eigenvalue weighted by Crippen LogP contribution is 2.03. The molecular weight excluding hydrogens is 186 g/mol. The third-order valence-electron chi connectivity index (χ3n) is 2.54. The SMILES string of the molecule is CCCCCOC(C)CCCNCCC. The van der Waals surface area contributed by atoms with Crippen molar-refractivity contribution in [3.05, 3.63) is 0 Å². The van der Waals surface area contributed by atoms with Crippen LogP contribution in [0.4, 0.5) is 0 Å². The van der Waals surface area contributed by atoms with Gasteiger partial charge in [-0.2, -0.15) is 0 Å². The van der Waals surface area contributed by atoms with Crippen molar-refractivity contribution >= 4 is 0 Å². The van der Waals surface area contributed by atoms with Crippen LogP contribution in [0.2, 0.25) is 0 Å². The molecule has 0 saturated heterocycles. The van der Waals surface area contributed by atoms with Crippen molar-refractivity contribution in [3.8, 4) is 0 Å². The van der Waals surface area contributed by atoms with E-state index < -0.39 is 0 Å². The van der Waals surface area contributed by atoms with Crippen LogP contribution in [0.5, 0.6) is 0 Å². The van der Waals surface area contributed by atoms with E-state index in [1.807, 2.05) is 0 Å². The van der Waals surface area contributed by atoms with Gasteiger partial charge in [0.2, 0.25) is 0 Å². The summed E-state index contributed by atoms with van der Waals surface area (Å²) in [6.07, 6.45) is 7.87. The van der Waals surface area contributed by atoms with Crippen LogP contribution in [0.1, 0.15) is 59.3 Å². The van der Waals surface area contributed by atoms with Crippen molar-refractivity contribution in [2.24, 2.45) is 0 Å². The second-order valence-electron chi connectivity index (χ2n) is 4.28. The van der Waals surface area contributed by atoms with Crippen molar-refractivity contribution in [2.75, 3.05) is 19.7 Å². The van der Waals surface area contributed by atoms with E-state index in [2.05, 4.69) is 26.1 Å². The van der Waals surface area contributed by atoms with Crippen molar-refractivity contribution in [1.29, 1.82) is 0 Å². The van der Waals surface area contributed by atoms with Crippen LogP contribution in [0.15, 0.2) is 0 Å². The molecule has 0 spiro atoms. The summed E-state index contributed by atoms with van der Waals surface area (Å²) in [5.74, 6) is 0. The van der Waals surface area contributed by atoms with Gasteiger partial charge >= 0.3 is 0 Å². The minimum absolute atomic E-state index is 0.435. The number of unbranched alkanes of at least 4 members (excludes halogenated alkanes) is 2. The molecule has 92 valence electrons. The molecule has 0 aliphatic heterocycles. The summed E-state index contributed by atoms with van der Waals surface area (Å²) >= 11 is 0. The smallest absolute Gasteiger partial charge is 0.0547 e. The molecule has 15 heavy (non-hydrogen) atoms. The van der Waals surface area contributed by atoms with Crippen LogP contribution in [0.25, 0.3) is 0 Å². The van der Waals surface area contributed by atoms with Gasteiger partial charge in [-0.05, 0) is 45.7 Å². The molecule has 0 rings (SSSR count). The Kier molecular flexibility index (Phi) is 11.9. The normalized spacial score (nSPS) is 13.0. The minimum Gasteiger partial charge on any atom is -0.379 e. The average molecular weight is 215 g/mol. The highest BCUT2D eigenvalue weighted by atomic mass is 16.5. The number of hydrogen-bond donors (Lipinski definition) is 1. The van der Waals surface area contributed by atoms with Gasteiger partial charge < -0.3 is 10.1 Å². The topological polar surface area (TPSA) is 21.3 Å². The fourth-order valence-electron chi connectivity index (χ4n) is 1.54. The Morgan fingerprint density at radius 3 is 2.47 bits per heavy atom. The molecule has 0 bridgehead atoms. The quantitative estimate of drug-likeness (QED) is 0.534. The first-order valence-corrected chi connectivity index (χ1v) is 6.63. The standard InChI is InChI=1S/C13H29NO/c1-4-6-7-12-15-13(3)9-8-11-14-10-5-2/h13-14H,4-12H2,1-3H3. The second-order valence-corrected chi connectivity index (χ2v) is 4.28. The van der Waals surface area contributed by atoms with E-state index in [-0.39, 0.29) is 0 Å². The maximum atomic E-state index is 5.72. The third kappa shape index (κ3) is 11.8. The molecule has 2 nitrogen and oxygen atoms in total. The van der Waals surface area contributed by atoms with Crippen LogP contribution >= 0.6 is 0 Å². The van der Waals surface area contributed by atoms with Gasteiger partial charge in [0.1, 0.15) is 0 Å². The number of ether oxygens (including phenoxy) is 1. The van der Waals surface area contributed by atoms with E-state index in [1.165, 1.54) is 38.5 Å². The average Bonchev–Trinajstić information content (AvgIpc) is 2.24. The molecular formula is C13H29NO. The number of hydrogen-bond acceptors (Lipinski definition) is 2. The summed E-state index contributed by atoms with van der Waals surface area (Å²) in [5, 5.41) is 3.41. The van der Waals surface area contributed by atoms with Gasteiger partial charge in [-0.3, -0.25) is 0 Å². The van der Waals surface area contributed by atoms with Crippen molar-refractivity contribution < 1.29 is 4.74 Å². The minimum atomic E-state index is 0.435. The van der Waals surface area contributed by atoms with Crippen LogP contribution < -0.4 is 5.32 Å². The van der Waals surface area contributed by atoms with E-state index in [9.17, 15) is 0 Å². The molecule has 0 aliphatic carbocycles. The zero-order valence-electron chi connectivity index (χ0n) is 10.8. The summed E-state index contributed by atoms with van der Waals surface area (Å²) in [4.78, 5) is 0. The molecule has 0 radical (unpaired) electrons. The Labute approximate surface area is 95.8 Å². The highest BCUT2D eigenvalue weighted by molar-refractivity contribution is 4.54. The predicted molar refractivity (Wildman–Crippen MR) is 67.3 cm³/mol. The van der Waals surface area contributed by atoms with Crippen LogP contribution in [-0.2, 0) is 4.74 Å². The molecule has 1 atom stereocenters. The molecule has 0 heterocycles. The van der Waals surface area contributed by atoms with Gasteiger partial charge in [-0.15, -0.1) is 0 Å². The summed E-state index contributed by atoms with van der Waals surface area (Å²) in [6.45, 7) is 9.83.